The number of nitrogens with one attached hydrogen (secondary N) is 3. The number of esters is 1. The molecule has 0 bridgehead atoms. The molecule has 0 spiro atoms. The van der Waals surface area contributed by atoms with Gasteiger partial charge in [0.1, 0.15) is 18.2 Å². The zero-order valence-corrected chi connectivity index (χ0v) is 21.7. The Balaban J connectivity index is 1.45. The summed E-state index contributed by atoms with van der Waals surface area (Å²) in [5, 5.41) is 8.37. The predicted molar refractivity (Wildman–Crippen MR) is 142 cm³/mol. The van der Waals surface area contributed by atoms with Gasteiger partial charge in [0.2, 0.25) is 0 Å². The molecule has 0 saturated carbocycles. The van der Waals surface area contributed by atoms with Crippen LogP contribution in [0.4, 0.5) is 20.6 Å². The molecule has 200 valence electrons. The molecule has 3 aromatic rings. The van der Waals surface area contributed by atoms with Gasteiger partial charge in [0.15, 0.2) is 0 Å². The van der Waals surface area contributed by atoms with Crippen LogP contribution in [0.15, 0.2) is 60.7 Å². The maximum absolute atomic E-state index is 12.9. The fourth-order valence-electron chi connectivity index (χ4n) is 3.13. The molecule has 0 unspecified atom stereocenters. The molecule has 0 aliphatic rings. The maximum Gasteiger partial charge on any atom is 0.340 e. The Morgan fingerprint density at radius 3 is 2.34 bits per heavy atom. The van der Waals surface area contributed by atoms with Crippen LogP contribution in [0.1, 0.15) is 20.7 Å². The molecule has 38 heavy (non-hydrogen) atoms. The zero-order chi connectivity index (χ0) is 27.5. The first-order chi connectivity index (χ1) is 18.3. The number of halogens is 3. The highest BCUT2D eigenvalue weighted by Gasteiger charge is 2.18. The quantitative estimate of drug-likeness (QED) is 0.213. The standard InChI is InChI=1S/C26H24Cl2FN3O6/c1-36-25(34)21-15-19(7-9-23(21)32-24(33)20-8-2-16(27)14-22(20)28)38-13-12-37-11-10-30-26(35)31-18-5-3-17(29)4-6-18/h2-9,14-15H,10-13H2,1H3,(H,32,33)(H2,30,31,35). The summed E-state index contributed by atoms with van der Waals surface area (Å²) >= 11 is 12.0. The predicted octanol–water partition coefficient (Wildman–Crippen LogP) is 5.39. The van der Waals surface area contributed by atoms with E-state index in [1.807, 2.05) is 0 Å². The number of ether oxygens (including phenoxy) is 3. The molecule has 9 nitrogen and oxygen atoms in total. The number of carbonyl (C=O) groups is 3. The van der Waals surface area contributed by atoms with Crippen molar-refractivity contribution in [1.82, 2.24) is 5.32 Å². The summed E-state index contributed by atoms with van der Waals surface area (Å²) in [4.78, 5) is 36.8. The molecule has 3 aromatic carbocycles. The van der Waals surface area contributed by atoms with E-state index in [9.17, 15) is 18.8 Å². The second kappa shape index (κ2) is 14.2. The number of amides is 3. The van der Waals surface area contributed by atoms with Gasteiger partial charge in [-0.05, 0) is 60.7 Å². The van der Waals surface area contributed by atoms with Gasteiger partial charge >= 0.3 is 12.0 Å². The SMILES string of the molecule is COC(=O)c1cc(OCCOCCNC(=O)Nc2ccc(F)cc2)ccc1NC(=O)c1ccc(Cl)cc1Cl. The molecule has 0 atom stereocenters. The molecule has 3 rings (SSSR count). The average molecular weight is 564 g/mol. The minimum absolute atomic E-state index is 0.0840. The Bertz CT molecular complexity index is 1290. The molecule has 3 amide bonds. The molecule has 0 aromatic heterocycles. The summed E-state index contributed by atoms with van der Waals surface area (Å²) < 4.78 is 28.8. The van der Waals surface area contributed by atoms with Gasteiger partial charge in [0.05, 0.1) is 42.2 Å². The van der Waals surface area contributed by atoms with E-state index >= 15 is 0 Å². The number of urea groups is 1. The van der Waals surface area contributed by atoms with Crippen LogP contribution in [0.5, 0.6) is 5.75 Å². The van der Waals surface area contributed by atoms with E-state index in [1.54, 1.807) is 6.07 Å². The lowest BCUT2D eigenvalue weighted by atomic mass is 10.1. The average Bonchev–Trinajstić information content (AvgIpc) is 2.89. The van der Waals surface area contributed by atoms with Crippen molar-refractivity contribution in [1.29, 1.82) is 0 Å². The van der Waals surface area contributed by atoms with Gasteiger partial charge in [0.25, 0.3) is 5.91 Å². The first-order valence-electron chi connectivity index (χ1n) is 11.3. The van der Waals surface area contributed by atoms with Gasteiger partial charge in [-0.15, -0.1) is 0 Å². The topological polar surface area (TPSA) is 115 Å². The number of hydrogen-bond donors (Lipinski definition) is 3. The molecule has 0 saturated heterocycles. The Morgan fingerprint density at radius 1 is 0.868 bits per heavy atom. The van der Waals surface area contributed by atoms with Crippen LogP contribution in [0.3, 0.4) is 0 Å². The molecule has 3 N–H and O–H groups in total. The van der Waals surface area contributed by atoms with Crippen molar-refractivity contribution in [3.63, 3.8) is 0 Å². The van der Waals surface area contributed by atoms with Crippen molar-refractivity contribution in [2.75, 3.05) is 44.1 Å². The Hall–Kier alpha value is -3.86. The third-order valence-corrected chi connectivity index (χ3v) is 5.50. The van der Waals surface area contributed by atoms with E-state index in [-0.39, 0.29) is 48.2 Å². The lowest BCUT2D eigenvalue weighted by molar-refractivity contribution is 0.0601. The van der Waals surface area contributed by atoms with E-state index in [2.05, 4.69) is 16.0 Å². The van der Waals surface area contributed by atoms with Crippen LogP contribution in [0, 0.1) is 5.82 Å². The zero-order valence-electron chi connectivity index (χ0n) is 20.2. The lowest BCUT2D eigenvalue weighted by Gasteiger charge is -2.13. The molecular formula is C26H24Cl2FN3O6. The first-order valence-corrected chi connectivity index (χ1v) is 12.0. The van der Waals surface area contributed by atoms with Crippen LogP contribution in [-0.4, -0.2) is 51.4 Å². The van der Waals surface area contributed by atoms with Crippen molar-refractivity contribution in [2.24, 2.45) is 0 Å². The minimum Gasteiger partial charge on any atom is -0.491 e. The molecular weight excluding hydrogens is 540 g/mol. The lowest BCUT2D eigenvalue weighted by Crippen LogP contribution is -2.31. The third-order valence-electron chi connectivity index (χ3n) is 4.95. The highest BCUT2D eigenvalue weighted by Crippen LogP contribution is 2.26. The van der Waals surface area contributed by atoms with E-state index in [1.165, 1.54) is 61.7 Å². The van der Waals surface area contributed by atoms with Gasteiger partial charge in [-0.25, -0.2) is 14.0 Å². The summed E-state index contributed by atoms with van der Waals surface area (Å²) in [6, 6.07) is 13.9. The number of methoxy groups -OCH3 is 1. The van der Waals surface area contributed by atoms with Gasteiger partial charge in [0, 0.05) is 17.3 Å². The van der Waals surface area contributed by atoms with Crippen molar-refractivity contribution < 1.29 is 33.0 Å². The molecule has 0 fully saturated rings. The van der Waals surface area contributed by atoms with Crippen LogP contribution < -0.4 is 20.7 Å². The van der Waals surface area contributed by atoms with Crippen LogP contribution in [-0.2, 0) is 9.47 Å². The summed E-state index contributed by atoms with van der Waals surface area (Å²) in [6.07, 6.45) is 0. The van der Waals surface area contributed by atoms with E-state index in [4.69, 9.17) is 37.4 Å². The van der Waals surface area contributed by atoms with Gasteiger partial charge in [-0.3, -0.25) is 4.79 Å². The minimum atomic E-state index is -0.672. The van der Waals surface area contributed by atoms with Crippen LogP contribution >= 0.6 is 23.2 Å². The summed E-state index contributed by atoms with van der Waals surface area (Å²) in [7, 11) is 1.22. The number of anilines is 2. The third kappa shape index (κ3) is 8.62. The molecule has 0 radical (unpaired) electrons. The van der Waals surface area contributed by atoms with Crippen LogP contribution in [0.25, 0.3) is 0 Å². The second-order valence-corrected chi connectivity index (χ2v) is 8.47. The van der Waals surface area contributed by atoms with E-state index in [0.717, 1.165) is 0 Å². The fourth-order valence-corrected chi connectivity index (χ4v) is 3.62. The Morgan fingerprint density at radius 2 is 1.63 bits per heavy atom. The smallest absolute Gasteiger partial charge is 0.340 e. The summed E-state index contributed by atoms with van der Waals surface area (Å²) in [5.74, 6) is -1.24. The summed E-state index contributed by atoms with van der Waals surface area (Å²) in [6.45, 7) is 0.842. The number of carbonyl (C=O) groups excluding carboxylic acids is 3. The van der Waals surface area contributed by atoms with Gasteiger partial charge in [-0.1, -0.05) is 23.2 Å². The monoisotopic (exact) mass is 563 g/mol. The molecule has 12 heteroatoms. The van der Waals surface area contributed by atoms with Crippen LogP contribution in [0.2, 0.25) is 10.0 Å². The van der Waals surface area contributed by atoms with Crippen molar-refractivity contribution in [3.8, 4) is 5.75 Å². The van der Waals surface area contributed by atoms with Crippen molar-refractivity contribution >= 4 is 52.5 Å². The number of hydrogen-bond acceptors (Lipinski definition) is 6. The van der Waals surface area contributed by atoms with Crippen molar-refractivity contribution in [3.05, 3.63) is 87.7 Å². The number of benzene rings is 3. The largest absolute Gasteiger partial charge is 0.491 e. The Kier molecular flexibility index (Phi) is 10.7. The highest BCUT2D eigenvalue weighted by molar-refractivity contribution is 6.37. The van der Waals surface area contributed by atoms with Gasteiger partial charge in [-0.2, -0.15) is 0 Å². The molecule has 0 aliphatic heterocycles. The van der Waals surface area contributed by atoms with Gasteiger partial charge < -0.3 is 30.2 Å². The molecule has 0 aliphatic carbocycles. The normalized spacial score (nSPS) is 10.4. The second-order valence-electron chi connectivity index (χ2n) is 7.63. The van der Waals surface area contributed by atoms with E-state index in [0.29, 0.717) is 16.5 Å². The maximum atomic E-state index is 12.9. The highest BCUT2D eigenvalue weighted by atomic mass is 35.5. The molecule has 0 heterocycles. The van der Waals surface area contributed by atoms with E-state index < -0.39 is 23.7 Å². The van der Waals surface area contributed by atoms with Crippen molar-refractivity contribution in [2.45, 2.75) is 0 Å². The number of rotatable bonds is 11. The fraction of sp³-hybridized carbons (Fsp3) is 0.192. The first kappa shape index (κ1) is 28.7. The summed E-state index contributed by atoms with van der Waals surface area (Å²) in [5.41, 5.74) is 0.942. The Labute approximate surface area is 228 Å².